The molecule has 166 valence electrons. The fourth-order valence-corrected chi connectivity index (χ4v) is 4.43. The number of ether oxygens (including phenoxy) is 1. The number of rotatable bonds is 6. The van der Waals surface area contributed by atoms with Gasteiger partial charge in [0.05, 0.1) is 23.0 Å². The van der Waals surface area contributed by atoms with Gasteiger partial charge in [0.1, 0.15) is 5.82 Å². The summed E-state index contributed by atoms with van der Waals surface area (Å²) in [4.78, 5) is 22.7. The summed E-state index contributed by atoms with van der Waals surface area (Å²) in [7, 11) is -3.72. The first-order valence-corrected chi connectivity index (χ1v) is 11.6. The van der Waals surface area contributed by atoms with Gasteiger partial charge in [0.25, 0.3) is 0 Å². The zero-order valence-electron chi connectivity index (χ0n) is 17.3. The normalized spacial score (nSPS) is 14.1. The summed E-state index contributed by atoms with van der Waals surface area (Å²) in [5, 5.41) is 5.40. The van der Waals surface area contributed by atoms with Gasteiger partial charge < -0.3 is 20.3 Å². The molecule has 1 saturated heterocycles. The molecule has 3 aromatic rings. The lowest BCUT2D eigenvalue weighted by molar-refractivity contribution is 0.122. The first kappa shape index (κ1) is 21.7. The quantitative estimate of drug-likeness (QED) is 0.589. The Kier molecular flexibility index (Phi) is 6.62. The third-order valence-corrected chi connectivity index (χ3v) is 6.72. The van der Waals surface area contributed by atoms with Gasteiger partial charge in [-0.3, -0.25) is 4.98 Å². The maximum atomic E-state index is 12.9. The van der Waals surface area contributed by atoms with E-state index in [0.717, 1.165) is 24.5 Å². The van der Waals surface area contributed by atoms with E-state index in [9.17, 15) is 13.2 Å². The highest BCUT2D eigenvalue weighted by Gasteiger charge is 2.19. The Balaban J connectivity index is 1.38. The maximum absolute atomic E-state index is 12.9. The maximum Gasteiger partial charge on any atom is 0.319 e. The van der Waals surface area contributed by atoms with Gasteiger partial charge in [-0.1, -0.05) is 6.07 Å². The Morgan fingerprint density at radius 1 is 1.00 bits per heavy atom. The Bertz CT molecular complexity index is 1150. The van der Waals surface area contributed by atoms with Crippen LogP contribution in [0.2, 0.25) is 0 Å². The fourth-order valence-electron chi connectivity index (χ4n) is 3.22. The van der Waals surface area contributed by atoms with Crippen LogP contribution in [0.1, 0.15) is 5.56 Å². The molecule has 2 N–H and O–H groups in total. The van der Waals surface area contributed by atoms with Crippen molar-refractivity contribution in [3.05, 3.63) is 72.7 Å². The summed E-state index contributed by atoms with van der Waals surface area (Å²) in [5.74, 6) is 0.726. The average Bonchev–Trinajstić information content (AvgIpc) is 2.84. The number of nitrogens with one attached hydrogen (secondary N) is 2. The second-order valence-electron chi connectivity index (χ2n) is 7.15. The van der Waals surface area contributed by atoms with Crippen LogP contribution in [0, 0.1) is 0 Å². The van der Waals surface area contributed by atoms with Crippen molar-refractivity contribution < 1.29 is 17.9 Å². The standard InChI is InChI=1S/C22H23N5O4S/c28-22(25-15-17-2-1-9-23-14-17)26-18-3-5-19(6-4-18)32(29,30)20-7-8-21(24-16-20)27-10-12-31-13-11-27/h1-9,14,16H,10-13,15H2,(H2,25,26,28). The fraction of sp³-hybridized carbons (Fsp3) is 0.227. The van der Waals surface area contributed by atoms with Gasteiger partial charge in [0.15, 0.2) is 0 Å². The van der Waals surface area contributed by atoms with Crippen molar-refractivity contribution in [2.24, 2.45) is 0 Å². The number of carbonyl (C=O) groups excluding carboxylic acids is 1. The van der Waals surface area contributed by atoms with E-state index in [1.807, 2.05) is 6.07 Å². The number of aromatic nitrogens is 2. The molecule has 2 aromatic heterocycles. The van der Waals surface area contributed by atoms with E-state index in [4.69, 9.17) is 4.74 Å². The van der Waals surface area contributed by atoms with E-state index < -0.39 is 15.9 Å². The third kappa shape index (κ3) is 5.21. The van der Waals surface area contributed by atoms with E-state index in [2.05, 4.69) is 25.5 Å². The van der Waals surface area contributed by atoms with Crippen molar-refractivity contribution in [3.8, 4) is 0 Å². The molecule has 1 aliphatic rings. The summed E-state index contributed by atoms with van der Waals surface area (Å²) in [6.07, 6.45) is 4.70. The van der Waals surface area contributed by atoms with E-state index in [0.29, 0.717) is 25.4 Å². The molecule has 0 aliphatic carbocycles. The summed E-state index contributed by atoms with van der Waals surface area (Å²) >= 11 is 0. The molecular weight excluding hydrogens is 430 g/mol. The summed E-state index contributed by atoms with van der Waals surface area (Å²) in [6, 6.07) is 12.5. The minimum atomic E-state index is -3.72. The van der Waals surface area contributed by atoms with Crippen LogP contribution >= 0.6 is 0 Å². The predicted octanol–water partition coefficient (Wildman–Crippen LogP) is 2.47. The number of carbonyl (C=O) groups is 1. The van der Waals surface area contributed by atoms with Crippen LogP contribution in [0.25, 0.3) is 0 Å². The lowest BCUT2D eigenvalue weighted by Crippen LogP contribution is -2.36. The van der Waals surface area contributed by atoms with Crippen LogP contribution in [-0.4, -0.2) is 50.7 Å². The van der Waals surface area contributed by atoms with Crippen molar-refractivity contribution in [1.29, 1.82) is 0 Å². The SMILES string of the molecule is O=C(NCc1cccnc1)Nc1ccc(S(=O)(=O)c2ccc(N3CCOCC3)nc2)cc1. The first-order valence-electron chi connectivity index (χ1n) is 10.1. The number of morpholine rings is 1. The van der Waals surface area contributed by atoms with E-state index in [-0.39, 0.29) is 9.79 Å². The Morgan fingerprint density at radius 2 is 1.75 bits per heavy atom. The summed E-state index contributed by atoms with van der Waals surface area (Å²) in [6.45, 7) is 3.04. The molecule has 1 aliphatic heterocycles. The third-order valence-electron chi connectivity index (χ3n) is 4.96. The highest BCUT2D eigenvalue weighted by Crippen LogP contribution is 2.23. The molecule has 0 spiro atoms. The molecule has 0 atom stereocenters. The lowest BCUT2D eigenvalue weighted by atomic mass is 10.3. The Labute approximate surface area is 186 Å². The monoisotopic (exact) mass is 453 g/mol. The van der Waals surface area contributed by atoms with Crippen molar-refractivity contribution in [2.45, 2.75) is 16.3 Å². The van der Waals surface area contributed by atoms with Gasteiger partial charge in [0.2, 0.25) is 9.84 Å². The molecule has 2 amide bonds. The second kappa shape index (κ2) is 9.75. The first-order chi connectivity index (χ1) is 15.5. The zero-order valence-corrected chi connectivity index (χ0v) is 18.1. The number of benzene rings is 1. The van der Waals surface area contributed by atoms with Crippen molar-refractivity contribution in [3.63, 3.8) is 0 Å². The molecule has 0 saturated carbocycles. The molecule has 1 fully saturated rings. The number of hydrogen-bond acceptors (Lipinski definition) is 7. The van der Waals surface area contributed by atoms with E-state index in [1.54, 1.807) is 42.7 Å². The molecule has 10 heteroatoms. The van der Waals surface area contributed by atoms with Crippen LogP contribution in [-0.2, 0) is 21.1 Å². The summed E-state index contributed by atoms with van der Waals surface area (Å²) in [5.41, 5.74) is 1.35. The van der Waals surface area contributed by atoms with Gasteiger partial charge in [-0.05, 0) is 48.0 Å². The van der Waals surface area contributed by atoms with Crippen LogP contribution in [0.4, 0.5) is 16.3 Å². The van der Waals surface area contributed by atoms with Gasteiger partial charge in [-0.2, -0.15) is 0 Å². The van der Waals surface area contributed by atoms with Crippen LogP contribution in [0.5, 0.6) is 0 Å². The topological polar surface area (TPSA) is 114 Å². The van der Waals surface area contributed by atoms with Crippen molar-refractivity contribution >= 4 is 27.4 Å². The molecule has 0 bridgehead atoms. The van der Waals surface area contributed by atoms with Crippen LogP contribution < -0.4 is 15.5 Å². The van der Waals surface area contributed by atoms with Gasteiger partial charge in [0, 0.05) is 43.9 Å². The largest absolute Gasteiger partial charge is 0.378 e. The minimum absolute atomic E-state index is 0.115. The molecule has 0 radical (unpaired) electrons. The number of amides is 2. The minimum Gasteiger partial charge on any atom is -0.378 e. The summed E-state index contributed by atoms with van der Waals surface area (Å²) < 4.78 is 31.2. The number of sulfone groups is 1. The van der Waals surface area contributed by atoms with Crippen molar-refractivity contribution in [2.75, 3.05) is 36.5 Å². The highest BCUT2D eigenvalue weighted by molar-refractivity contribution is 7.91. The number of pyridine rings is 2. The van der Waals surface area contributed by atoms with E-state index in [1.165, 1.54) is 18.3 Å². The van der Waals surface area contributed by atoms with Gasteiger partial charge >= 0.3 is 6.03 Å². The number of anilines is 2. The Morgan fingerprint density at radius 3 is 2.41 bits per heavy atom. The van der Waals surface area contributed by atoms with Gasteiger partial charge in [-0.25, -0.2) is 18.2 Å². The Hall–Kier alpha value is -3.50. The lowest BCUT2D eigenvalue weighted by Gasteiger charge is -2.27. The molecule has 0 unspecified atom stereocenters. The molecule has 3 heterocycles. The number of nitrogens with zero attached hydrogens (tertiary/aromatic N) is 3. The van der Waals surface area contributed by atoms with Crippen LogP contribution in [0.3, 0.4) is 0 Å². The number of urea groups is 1. The molecule has 1 aromatic carbocycles. The van der Waals surface area contributed by atoms with Crippen LogP contribution in [0.15, 0.2) is 76.9 Å². The highest BCUT2D eigenvalue weighted by atomic mass is 32.2. The second-order valence-corrected chi connectivity index (χ2v) is 9.10. The van der Waals surface area contributed by atoms with Crippen molar-refractivity contribution in [1.82, 2.24) is 15.3 Å². The van der Waals surface area contributed by atoms with E-state index >= 15 is 0 Å². The van der Waals surface area contributed by atoms with Gasteiger partial charge in [-0.15, -0.1) is 0 Å². The molecule has 4 rings (SSSR count). The molecule has 32 heavy (non-hydrogen) atoms. The molecule has 9 nitrogen and oxygen atoms in total. The number of hydrogen-bond donors (Lipinski definition) is 2. The smallest absolute Gasteiger partial charge is 0.319 e. The predicted molar refractivity (Wildman–Crippen MR) is 119 cm³/mol. The average molecular weight is 454 g/mol. The molecular formula is C22H23N5O4S. The zero-order chi connectivity index (χ0) is 22.4.